The molecular weight excluding hydrogens is 308 g/mol. The van der Waals surface area contributed by atoms with Crippen LogP contribution in [0.15, 0.2) is 24.3 Å². The third-order valence-corrected chi connectivity index (χ3v) is 3.63. The lowest BCUT2D eigenvalue weighted by Crippen LogP contribution is -2.46. The average molecular weight is 325 g/mol. The van der Waals surface area contributed by atoms with Crippen molar-refractivity contribution >= 4 is 35.1 Å². The van der Waals surface area contributed by atoms with Gasteiger partial charge in [0.25, 0.3) is 0 Å². The summed E-state index contributed by atoms with van der Waals surface area (Å²) in [6.07, 6.45) is 1.19. The van der Waals surface area contributed by atoms with E-state index in [-0.39, 0.29) is 12.5 Å². The van der Waals surface area contributed by atoms with Crippen LogP contribution in [0.1, 0.15) is 19.8 Å². The van der Waals surface area contributed by atoms with Crippen molar-refractivity contribution < 1.29 is 19.1 Å². The maximum absolute atomic E-state index is 12.3. The van der Waals surface area contributed by atoms with Gasteiger partial charge < -0.3 is 15.0 Å². The van der Waals surface area contributed by atoms with E-state index in [0.717, 1.165) is 0 Å². The fourth-order valence-electron chi connectivity index (χ4n) is 2.35. The van der Waals surface area contributed by atoms with Gasteiger partial charge >= 0.3 is 11.9 Å². The Labute approximate surface area is 133 Å². The summed E-state index contributed by atoms with van der Waals surface area (Å²) in [4.78, 5) is 37.1. The lowest BCUT2D eigenvalue weighted by Gasteiger charge is -2.22. The standard InChI is InChI=1S/C15H17ClN2O4/c1-2-22-15(21)14(20)18-9-3-4-12(18)13(19)17-11-7-5-10(16)6-8-11/h5-8,12H,2-4,9H2,1H3,(H,17,19)/t12-/m0/s1. The van der Waals surface area contributed by atoms with Crippen LogP contribution in [0.5, 0.6) is 0 Å². The van der Waals surface area contributed by atoms with E-state index in [1.165, 1.54) is 4.90 Å². The number of benzene rings is 1. The van der Waals surface area contributed by atoms with Crippen LogP contribution in [-0.2, 0) is 19.1 Å². The third kappa shape index (κ3) is 3.76. The van der Waals surface area contributed by atoms with E-state index in [9.17, 15) is 14.4 Å². The Morgan fingerprint density at radius 3 is 2.64 bits per heavy atom. The van der Waals surface area contributed by atoms with Crippen LogP contribution < -0.4 is 5.32 Å². The van der Waals surface area contributed by atoms with Crippen molar-refractivity contribution in [1.82, 2.24) is 4.90 Å². The number of carbonyl (C=O) groups excluding carboxylic acids is 3. The Balaban J connectivity index is 2.03. The van der Waals surface area contributed by atoms with Gasteiger partial charge in [-0.2, -0.15) is 0 Å². The highest BCUT2D eigenvalue weighted by Crippen LogP contribution is 2.20. The number of likely N-dealkylation sites (tertiary alicyclic amines) is 1. The molecule has 0 bridgehead atoms. The molecule has 1 saturated heterocycles. The number of hydrogen-bond acceptors (Lipinski definition) is 4. The van der Waals surface area contributed by atoms with E-state index in [1.807, 2.05) is 0 Å². The maximum atomic E-state index is 12.3. The Hall–Kier alpha value is -2.08. The van der Waals surface area contributed by atoms with Crippen LogP contribution in [0.3, 0.4) is 0 Å². The van der Waals surface area contributed by atoms with Crippen molar-refractivity contribution in [3.63, 3.8) is 0 Å². The highest BCUT2D eigenvalue weighted by molar-refractivity contribution is 6.33. The molecule has 6 nitrogen and oxygen atoms in total. The summed E-state index contributed by atoms with van der Waals surface area (Å²) in [5.41, 5.74) is 0.588. The Kier molecular flexibility index (Phi) is 5.38. The van der Waals surface area contributed by atoms with Crippen LogP contribution in [0, 0.1) is 0 Å². The van der Waals surface area contributed by atoms with Crippen LogP contribution >= 0.6 is 11.6 Å². The SMILES string of the molecule is CCOC(=O)C(=O)N1CCC[C@H]1C(=O)Nc1ccc(Cl)cc1. The number of amides is 2. The van der Waals surface area contributed by atoms with Crippen LogP contribution in [0.4, 0.5) is 5.69 Å². The van der Waals surface area contributed by atoms with Gasteiger partial charge in [0.05, 0.1) is 6.61 Å². The first-order valence-corrected chi connectivity index (χ1v) is 7.45. The minimum Gasteiger partial charge on any atom is -0.459 e. The number of esters is 1. The molecule has 1 aromatic rings. The molecule has 0 radical (unpaired) electrons. The van der Waals surface area contributed by atoms with Gasteiger partial charge in [0, 0.05) is 17.3 Å². The topological polar surface area (TPSA) is 75.7 Å². The average Bonchev–Trinajstić information content (AvgIpc) is 2.98. The van der Waals surface area contributed by atoms with E-state index in [4.69, 9.17) is 16.3 Å². The largest absolute Gasteiger partial charge is 0.459 e. The van der Waals surface area contributed by atoms with Crippen molar-refractivity contribution in [2.45, 2.75) is 25.8 Å². The molecule has 0 aromatic heterocycles. The van der Waals surface area contributed by atoms with E-state index in [0.29, 0.717) is 30.1 Å². The molecule has 118 valence electrons. The Morgan fingerprint density at radius 1 is 1.32 bits per heavy atom. The van der Waals surface area contributed by atoms with Crippen LogP contribution in [0.25, 0.3) is 0 Å². The van der Waals surface area contributed by atoms with E-state index in [2.05, 4.69) is 5.32 Å². The Bertz CT molecular complexity index is 573. The monoisotopic (exact) mass is 324 g/mol. The molecule has 2 rings (SSSR count). The summed E-state index contributed by atoms with van der Waals surface area (Å²) in [5.74, 6) is -2.01. The number of hydrogen-bond donors (Lipinski definition) is 1. The number of ether oxygens (including phenoxy) is 1. The third-order valence-electron chi connectivity index (χ3n) is 3.38. The smallest absolute Gasteiger partial charge is 0.397 e. The molecule has 0 saturated carbocycles. The van der Waals surface area contributed by atoms with Gasteiger partial charge in [-0.1, -0.05) is 11.6 Å². The van der Waals surface area contributed by atoms with Gasteiger partial charge in [-0.15, -0.1) is 0 Å². The first kappa shape index (κ1) is 16.3. The number of carbonyl (C=O) groups is 3. The van der Waals surface area contributed by atoms with Crippen molar-refractivity contribution in [3.8, 4) is 0 Å². The zero-order chi connectivity index (χ0) is 16.1. The lowest BCUT2D eigenvalue weighted by atomic mass is 10.2. The molecule has 1 N–H and O–H groups in total. The van der Waals surface area contributed by atoms with Gasteiger partial charge in [0.2, 0.25) is 5.91 Å². The van der Waals surface area contributed by atoms with Gasteiger partial charge in [-0.05, 0) is 44.0 Å². The second kappa shape index (κ2) is 7.26. The molecule has 1 atom stereocenters. The molecule has 1 heterocycles. The van der Waals surface area contributed by atoms with Crippen LogP contribution in [0.2, 0.25) is 5.02 Å². The minimum absolute atomic E-state index is 0.125. The molecule has 0 unspecified atom stereocenters. The molecule has 7 heteroatoms. The van der Waals surface area contributed by atoms with Crippen molar-refractivity contribution in [3.05, 3.63) is 29.3 Å². The van der Waals surface area contributed by atoms with Gasteiger partial charge in [-0.25, -0.2) is 4.79 Å². The molecule has 0 aliphatic carbocycles. The molecular formula is C15H17ClN2O4. The van der Waals surface area contributed by atoms with Gasteiger partial charge in [0.1, 0.15) is 6.04 Å². The quantitative estimate of drug-likeness (QED) is 0.680. The molecule has 1 fully saturated rings. The highest BCUT2D eigenvalue weighted by atomic mass is 35.5. The molecule has 22 heavy (non-hydrogen) atoms. The number of anilines is 1. The Morgan fingerprint density at radius 2 is 2.00 bits per heavy atom. The summed E-state index contributed by atoms with van der Waals surface area (Å²) < 4.78 is 4.70. The predicted molar refractivity (Wildman–Crippen MR) is 81.4 cm³/mol. The number of nitrogens with one attached hydrogen (secondary N) is 1. The first-order valence-electron chi connectivity index (χ1n) is 7.07. The van der Waals surface area contributed by atoms with Crippen molar-refractivity contribution in [1.29, 1.82) is 0 Å². The summed E-state index contributed by atoms with van der Waals surface area (Å²) in [5, 5.41) is 3.29. The molecule has 0 spiro atoms. The molecule has 1 aliphatic rings. The van der Waals surface area contributed by atoms with Gasteiger partial charge in [-0.3, -0.25) is 9.59 Å². The fourth-order valence-corrected chi connectivity index (χ4v) is 2.48. The van der Waals surface area contributed by atoms with Gasteiger partial charge in [0.15, 0.2) is 0 Å². The predicted octanol–water partition coefficient (Wildman–Crippen LogP) is 1.83. The number of rotatable bonds is 3. The first-order chi connectivity index (χ1) is 10.5. The number of nitrogens with zero attached hydrogens (tertiary/aromatic N) is 1. The lowest BCUT2D eigenvalue weighted by molar-refractivity contribution is -0.160. The second-order valence-electron chi connectivity index (χ2n) is 4.87. The number of halogens is 1. The fraction of sp³-hybridized carbons (Fsp3) is 0.400. The van der Waals surface area contributed by atoms with E-state index < -0.39 is 17.9 Å². The summed E-state index contributed by atoms with van der Waals surface area (Å²) >= 11 is 5.79. The van der Waals surface area contributed by atoms with E-state index in [1.54, 1.807) is 31.2 Å². The minimum atomic E-state index is -0.923. The summed E-state index contributed by atoms with van der Waals surface area (Å²) in [6, 6.07) is 6.01. The molecule has 2 amide bonds. The molecule has 1 aliphatic heterocycles. The highest BCUT2D eigenvalue weighted by Gasteiger charge is 2.37. The second-order valence-corrected chi connectivity index (χ2v) is 5.31. The summed E-state index contributed by atoms with van der Waals surface area (Å²) in [6.45, 7) is 2.12. The van der Waals surface area contributed by atoms with Crippen molar-refractivity contribution in [2.75, 3.05) is 18.5 Å². The summed E-state index contributed by atoms with van der Waals surface area (Å²) in [7, 11) is 0. The normalized spacial score (nSPS) is 17.2. The maximum Gasteiger partial charge on any atom is 0.397 e. The zero-order valence-electron chi connectivity index (χ0n) is 12.2. The van der Waals surface area contributed by atoms with E-state index >= 15 is 0 Å². The van der Waals surface area contributed by atoms with Crippen molar-refractivity contribution in [2.24, 2.45) is 0 Å². The molecule has 1 aromatic carbocycles. The zero-order valence-corrected chi connectivity index (χ0v) is 12.9. The van der Waals surface area contributed by atoms with Crippen LogP contribution in [-0.4, -0.2) is 41.9 Å².